The number of likely N-dealkylation sites (N-methyl/N-ethyl adjacent to an activating group) is 1. The number of hydrogen-bond acceptors (Lipinski definition) is 3. The van der Waals surface area contributed by atoms with Gasteiger partial charge in [-0.05, 0) is 18.7 Å². The first kappa shape index (κ1) is 7.31. The maximum absolute atomic E-state index is 5.60. The highest BCUT2D eigenvalue weighted by molar-refractivity contribution is 5.11. The third kappa shape index (κ3) is 1.59. The van der Waals surface area contributed by atoms with Crippen LogP contribution in [0.4, 0.5) is 0 Å². The minimum Gasteiger partial charge on any atom is -0.297 e. The number of nitrogens with two attached hydrogens (primary N) is 1. The summed E-state index contributed by atoms with van der Waals surface area (Å²) in [4.78, 5) is 0. The van der Waals surface area contributed by atoms with E-state index in [9.17, 15) is 0 Å². The molecule has 56 valence electrons. The number of hydrazine groups is 1. The van der Waals surface area contributed by atoms with Crippen LogP contribution in [0.2, 0.25) is 0 Å². The van der Waals surface area contributed by atoms with Gasteiger partial charge in [0.1, 0.15) is 6.17 Å². The molecule has 1 unspecified atom stereocenters. The Morgan fingerprint density at radius 1 is 1.60 bits per heavy atom. The van der Waals surface area contributed by atoms with Gasteiger partial charge in [0.15, 0.2) is 0 Å². The van der Waals surface area contributed by atoms with Gasteiger partial charge in [0.2, 0.25) is 0 Å². The summed E-state index contributed by atoms with van der Waals surface area (Å²) in [6.07, 6.45) is 7.91. The summed E-state index contributed by atoms with van der Waals surface area (Å²) in [5, 5.41) is 4.84. The fourth-order valence-electron chi connectivity index (χ4n) is 0.893. The molecular weight excluding hydrogens is 126 g/mol. The first-order valence-corrected chi connectivity index (χ1v) is 3.46. The SMILES string of the molecule is CCNC1C=CC=CN1N. The normalized spacial score (nSPS) is 23.8. The summed E-state index contributed by atoms with van der Waals surface area (Å²) in [6.45, 7) is 2.98. The third-order valence-corrected chi connectivity index (χ3v) is 1.40. The Bertz CT molecular complexity index is 151. The Hall–Kier alpha value is -0.800. The summed E-state index contributed by atoms with van der Waals surface area (Å²) in [5.41, 5.74) is 0. The molecule has 0 spiro atoms. The molecule has 3 nitrogen and oxygen atoms in total. The summed E-state index contributed by atoms with van der Waals surface area (Å²) in [7, 11) is 0. The van der Waals surface area contributed by atoms with Crippen molar-refractivity contribution in [1.29, 1.82) is 0 Å². The Labute approximate surface area is 61.2 Å². The van der Waals surface area contributed by atoms with Gasteiger partial charge in [0, 0.05) is 6.20 Å². The van der Waals surface area contributed by atoms with Crippen molar-refractivity contribution in [2.75, 3.05) is 6.54 Å². The molecule has 0 aromatic rings. The lowest BCUT2D eigenvalue weighted by Crippen LogP contribution is -2.46. The van der Waals surface area contributed by atoms with E-state index in [0.717, 1.165) is 6.54 Å². The van der Waals surface area contributed by atoms with E-state index in [2.05, 4.69) is 12.2 Å². The molecule has 1 heterocycles. The van der Waals surface area contributed by atoms with E-state index in [4.69, 9.17) is 5.84 Å². The predicted molar refractivity (Wildman–Crippen MR) is 41.8 cm³/mol. The fraction of sp³-hybridized carbons (Fsp3) is 0.429. The van der Waals surface area contributed by atoms with Crippen LogP contribution in [0, 0.1) is 0 Å². The van der Waals surface area contributed by atoms with E-state index < -0.39 is 0 Å². The summed E-state index contributed by atoms with van der Waals surface area (Å²) >= 11 is 0. The lowest BCUT2D eigenvalue weighted by atomic mass is 10.3. The van der Waals surface area contributed by atoms with Crippen molar-refractivity contribution < 1.29 is 0 Å². The first-order valence-electron chi connectivity index (χ1n) is 3.46. The minimum atomic E-state index is 0.162. The molecular formula is C7H13N3. The van der Waals surface area contributed by atoms with Crippen LogP contribution in [0.1, 0.15) is 6.92 Å². The molecule has 0 aromatic heterocycles. The maximum atomic E-state index is 5.60. The molecule has 1 aliphatic heterocycles. The zero-order chi connectivity index (χ0) is 7.40. The van der Waals surface area contributed by atoms with Gasteiger partial charge in [-0.1, -0.05) is 13.0 Å². The Kier molecular flexibility index (Phi) is 2.48. The molecule has 0 fully saturated rings. The molecule has 0 bridgehead atoms. The van der Waals surface area contributed by atoms with Crippen molar-refractivity contribution in [1.82, 2.24) is 10.3 Å². The molecule has 0 saturated carbocycles. The van der Waals surface area contributed by atoms with Crippen molar-refractivity contribution in [2.45, 2.75) is 13.1 Å². The molecule has 1 aliphatic rings. The van der Waals surface area contributed by atoms with E-state index in [-0.39, 0.29) is 6.17 Å². The number of rotatable bonds is 2. The van der Waals surface area contributed by atoms with Gasteiger partial charge in [0.05, 0.1) is 0 Å². The summed E-state index contributed by atoms with van der Waals surface area (Å²) < 4.78 is 0. The molecule has 10 heavy (non-hydrogen) atoms. The van der Waals surface area contributed by atoms with Crippen molar-refractivity contribution in [2.24, 2.45) is 5.84 Å². The number of nitrogens with zero attached hydrogens (tertiary/aromatic N) is 1. The van der Waals surface area contributed by atoms with Crippen LogP contribution >= 0.6 is 0 Å². The van der Waals surface area contributed by atoms with Gasteiger partial charge in [0.25, 0.3) is 0 Å². The quantitative estimate of drug-likeness (QED) is 0.536. The van der Waals surface area contributed by atoms with Crippen LogP contribution in [0.3, 0.4) is 0 Å². The molecule has 0 aliphatic carbocycles. The largest absolute Gasteiger partial charge is 0.297 e. The van der Waals surface area contributed by atoms with Crippen LogP contribution in [0.15, 0.2) is 24.4 Å². The standard InChI is InChI=1S/C7H13N3/c1-2-9-7-5-3-4-6-10(7)8/h3-7,9H,2,8H2,1H3. The number of allylic oxidation sites excluding steroid dienone is 2. The van der Waals surface area contributed by atoms with Crippen molar-refractivity contribution in [3.05, 3.63) is 24.4 Å². The maximum Gasteiger partial charge on any atom is 0.113 e. The number of hydrogen-bond donors (Lipinski definition) is 2. The average molecular weight is 139 g/mol. The Balaban J connectivity index is 2.44. The topological polar surface area (TPSA) is 41.3 Å². The Morgan fingerprint density at radius 3 is 3.00 bits per heavy atom. The molecule has 0 aromatic carbocycles. The second kappa shape index (κ2) is 3.39. The molecule has 1 atom stereocenters. The van der Waals surface area contributed by atoms with Gasteiger partial charge < -0.3 is 0 Å². The smallest absolute Gasteiger partial charge is 0.113 e. The lowest BCUT2D eigenvalue weighted by Gasteiger charge is -2.25. The second-order valence-corrected chi connectivity index (χ2v) is 2.18. The van der Waals surface area contributed by atoms with E-state index in [0.29, 0.717) is 0 Å². The van der Waals surface area contributed by atoms with Gasteiger partial charge >= 0.3 is 0 Å². The third-order valence-electron chi connectivity index (χ3n) is 1.40. The molecule has 1 rings (SSSR count). The van der Waals surface area contributed by atoms with Crippen LogP contribution in [0.5, 0.6) is 0 Å². The monoisotopic (exact) mass is 139 g/mol. The minimum absolute atomic E-state index is 0.162. The van der Waals surface area contributed by atoms with Crippen LogP contribution in [0.25, 0.3) is 0 Å². The molecule has 0 radical (unpaired) electrons. The lowest BCUT2D eigenvalue weighted by molar-refractivity contribution is 0.285. The molecule has 3 N–H and O–H groups in total. The highest BCUT2D eigenvalue weighted by Crippen LogP contribution is 1.98. The van der Waals surface area contributed by atoms with Crippen molar-refractivity contribution >= 4 is 0 Å². The highest BCUT2D eigenvalue weighted by Gasteiger charge is 2.07. The fourth-order valence-corrected chi connectivity index (χ4v) is 0.893. The van der Waals surface area contributed by atoms with Crippen LogP contribution in [-0.2, 0) is 0 Å². The summed E-state index contributed by atoms with van der Waals surface area (Å²) in [5.74, 6) is 5.60. The second-order valence-electron chi connectivity index (χ2n) is 2.18. The Morgan fingerprint density at radius 2 is 2.40 bits per heavy atom. The van der Waals surface area contributed by atoms with E-state index in [1.165, 1.54) is 0 Å². The predicted octanol–water partition coefficient (Wildman–Crippen LogP) is 0.181. The summed E-state index contributed by atoms with van der Waals surface area (Å²) in [6, 6.07) is 0. The average Bonchev–Trinajstić information content (AvgIpc) is 1.94. The van der Waals surface area contributed by atoms with E-state index >= 15 is 0 Å². The van der Waals surface area contributed by atoms with E-state index in [1.807, 2.05) is 24.4 Å². The number of nitrogens with one attached hydrogen (secondary N) is 1. The van der Waals surface area contributed by atoms with Crippen molar-refractivity contribution in [3.8, 4) is 0 Å². The van der Waals surface area contributed by atoms with Gasteiger partial charge in [-0.2, -0.15) is 0 Å². The highest BCUT2D eigenvalue weighted by atomic mass is 15.5. The zero-order valence-electron chi connectivity index (χ0n) is 6.12. The first-order chi connectivity index (χ1) is 4.84. The molecule has 0 amide bonds. The van der Waals surface area contributed by atoms with Crippen molar-refractivity contribution in [3.63, 3.8) is 0 Å². The van der Waals surface area contributed by atoms with E-state index in [1.54, 1.807) is 5.01 Å². The zero-order valence-corrected chi connectivity index (χ0v) is 6.12. The van der Waals surface area contributed by atoms with Gasteiger partial charge in [-0.25, -0.2) is 5.84 Å². The van der Waals surface area contributed by atoms with Gasteiger partial charge in [-0.15, -0.1) is 0 Å². The molecule has 0 saturated heterocycles. The van der Waals surface area contributed by atoms with Crippen LogP contribution in [-0.4, -0.2) is 17.7 Å². The van der Waals surface area contributed by atoms with Crippen LogP contribution < -0.4 is 11.2 Å². The molecule has 3 heteroatoms. The van der Waals surface area contributed by atoms with Gasteiger partial charge in [-0.3, -0.25) is 10.3 Å².